The Morgan fingerprint density at radius 3 is 2.88 bits per heavy atom. The number of aromatic nitrogens is 1. The number of anilines is 2. The van der Waals surface area contributed by atoms with Gasteiger partial charge in [-0.1, -0.05) is 12.1 Å². The van der Waals surface area contributed by atoms with Crippen LogP contribution in [0.2, 0.25) is 0 Å². The molecule has 4 nitrogen and oxygen atoms in total. The monoisotopic (exact) mass is 231 g/mol. The number of aromatic carboxylic acids is 1. The van der Waals surface area contributed by atoms with E-state index < -0.39 is 11.8 Å². The zero-order valence-electron chi connectivity index (χ0n) is 8.68. The van der Waals surface area contributed by atoms with Gasteiger partial charge in [0.15, 0.2) is 5.82 Å². The van der Waals surface area contributed by atoms with Crippen LogP contribution in [0.25, 0.3) is 0 Å². The molecule has 1 aromatic heterocycles. The van der Waals surface area contributed by atoms with Crippen molar-refractivity contribution in [3.63, 3.8) is 0 Å². The Balaban J connectivity index is 2.28. The molecular formula is C12H8FN2O2-. The smallest absolute Gasteiger partial charge is 0.164 e. The summed E-state index contributed by atoms with van der Waals surface area (Å²) in [5.41, 5.74) is 0.733. The van der Waals surface area contributed by atoms with E-state index in [9.17, 15) is 14.3 Å². The molecule has 0 aliphatic carbocycles. The average Bonchev–Trinajstić information content (AvgIpc) is 2.32. The molecule has 86 valence electrons. The molecule has 0 aliphatic heterocycles. The quantitative estimate of drug-likeness (QED) is 0.865. The molecule has 0 aliphatic rings. The van der Waals surface area contributed by atoms with Crippen LogP contribution < -0.4 is 10.4 Å². The fourth-order valence-corrected chi connectivity index (χ4v) is 1.36. The fourth-order valence-electron chi connectivity index (χ4n) is 1.36. The number of carboxylic acid groups (broad SMARTS) is 1. The summed E-state index contributed by atoms with van der Waals surface area (Å²) in [6, 6.07) is 7.42. The summed E-state index contributed by atoms with van der Waals surface area (Å²) in [7, 11) is 0. The Hall–Kier alpha value is -2.43. The van der Waals surface area contributed by atoms with Crippen LogP contribution >= 0.6 is 0 Å². The zero-order valence-corrected chi connectivity index (χ0v) is 8.68. The highest BCUT2D eigenvalue weighted by atomic mass is 19.1. The van der Waals surface area contributed by atoms with E-state index in [4.69, 9.17) is 0 Å². The normalized spacial score (nSPS) is 9.94. The Morgan fingerprint density at radius 1 is 1.35 bits per heavy atom. The number of rotatable bonds is 3. The average molecular weight is 231 g/mol. The molecule has 0 atom stereocenters. The molecule has 0 unspecified atom stereocenters. The van der Waals surface area contributed by atoms with Crippen LogP contribution in [0.3, 0.4) is 0 Å². The van der Waals surface area contributed by atoms with Gasteiger partial charge in [-0.25, -0.2) is 4.39 Å². The second-order valence-corrected chi connectivity index (χ2v) is 3.35. The van der Waals surface area contributed by atoms with Crippen LogP contribution in [0.4, 0.5) is 15.8 Å². The van der Waals surface area contributed by atoms with Gasteiger partial charge in [-0.05, 0) is 23.8 Å². The first-order valence-electron chi connectivity index (χ1n) is 4.85. The molecule has 5 heteroatoms. The van der Waals surface area contributed by atoms with Gasteiger partial charge < -0.3 is 15.2 Å². The maximum Gasteiger partial charge on any atom is 0.164 e. The molecule has 2 rings (SSSR count). The molecule has 0 radical (unpaired) electrons. The highest BCUT2D eigenvalue weighted by Gasteiger charge is 2.02. The van der Waals surface area contributed by atoms with Gasteiger partial charge in [0.1, 0.15) is 0 Å². The van der Waals surface area contributed by atoms with Gasteiger partial charge in [-0.2, -0.15) is 0 Å². The minimum absolute atomic E-state index is 0.0319. The highest BCUT2D eigenvalue weighted by Crippen LogP contribution is 2.19. The molecule has 0 saturated carbocycles. The van der Waals surface area contributed by atoms with Gasteiger partial charge in [0.25, 0.3) is 0 Å². The Kier molecular flexibility index (Phi) is 3.00. The van der Waals surface area contributed by atoms with Crippen molar-refractivity contribution < 1.29 is 14.3 Å². The van der Waals surface area contributed by atoms with Crippen molar-refractivity contribution in [1.82, 2.24) is 4.98 Å². The molecule has 1 N–H and O–H groups in total. The number of pyridine rings is 1. The van der Waals surface area contributed by atoms with Gasteiger partial charge in [0, 0.05) is 11.9 Å². The summed E-state index contributed by atoms with van der Waals surface area (Å²) in [6.07, 6.45) is 2.51. The third-order valence-corrected chi connectivity index (χ3v) is 2.15. The van der Waals surface area contributed by atoms with Crippen molar-refractivity contribution in [2.45, 2.75) is 0 Å². The van der Waals surface area contributed by atoms with Gasteiger partial charge >= 0.3 is 0 Å². The topological polar surface area (TPSA) is 65.0 Å². The van der Waals surface area contributed by atoms with Crippen LogP contribution in [-0.2, 0) is 0 Å². The lowest BCUT2D eigenvalue weighted by Gasteiger charge is -2.09. The summed E-state index contributed by atoms with van der Waals surface area (Å²) in [6.45, 7) is 0. The third kappa shape index (κ3) is 2.57. The minimum atomic E-state index is -1.27. The number of nitrogens with zero attached hydrogens (tertiary/aromatic N) is 1. The van der Waals surface area contributed by atoms with Crippen molar-refractivity contribution >= 4 is 17.3 Å². The summed E-state index contributed by atoms with van der Waals surface area (Å²) in [4.78, 5) is 14.3. The van der Waals surface area contributed by atoms with E-state index in [2.05, 4.69) is 10.3 Å². The van der Waals surface area contributed by atoms with Crippen molar-refractivity contribution in [3.8, 4) is 0 Å². The highest BCUT2D eigenvalue weighted by molar-refractivity contribution is 5.87. The molecule has 1 aromatic carbocycles. The lowest BCUT2D eigenvalue weighted by molar-refractivity contribution is -0.255. The van der Waals surface area contributed by atoms with E-state index in [1.54, 1.807) is 12.1 Å². The standard InChI is InChI=1S/C12H9FN2O2/c13-10-7-14-5-4-11(10)15-9-3-1-2-8(6-9)12(16)17/h1-7H,(H,14,15)(H,16,17)/p-1. The van der Waals surface area contributed by atoms with Gasteiger partial charge in [-0.15, -0.1) is 0 Å². The van der Waals surface area contributed by atoms with E-state index in [1.807, 2.05) is 0 Å². The molecule has 0 bridgehead atoms. The predicted octanol–water partition coefficient (Wildman–Crippen LogP) is 1.33. The molecule has 0 spiro atoms. The zero-order chi connectivity index (χ0) is 12.3. The van der Waals surface area contributed by atoms with Crippen LogP contribution in [0.15, 0.2) is 42.7 Å². The third-order valence-electron chi connectivity index (χ3n) is 2.15. The van der Waals surface area contributed by atoms with Gasteiger partial charge in [0.05, 0.1) is 17.9 Å². The van der Waals surface area contributed by atoms with E-state index in [0.29, 0.717) is 5.69 Å². The number of hydrogen-bond acceptors (Lipinski definition) is 4. The largest absolute Gasteiger partial charge is 0.545 e. The number of nitrogens with one attached hydrogen (secondary N) is 1. The fraction of sp³-hybridized carbons (Fsp3) is 0. The number of carbonyl (C=O) groups is 1. The summed E-state index contributed by atoms with van der Waals surface area (Å²) >= 11 is 0. The van der Waals surface area contributed by atoms with Crippen molar-refractivity contribution in [2.75, 3.05) is 5.32 Å². The molecule has 2 aromatic rings. The SMILES string of the molecule is O=C([O-])c1cccc(Nc2ccncc2F)c1. The van der Waals surface area contributed by atoms with Crippen molar-refractivity contribution in [3.05, 3.63) is 54.1 Å². The minimum Gasteiger partial charge on any atom is -0.545 e. The predicted molar refractivity (Wildman–Crippen MR) is 58.3 cm³/mol. The number of carboxylic acids is 1. The van der Waals surface area contributed by atoms with Gasteiger partial charge in [-0.3, -0.25) is 4.98 Å². The first-order valence-corrected chi connectivity index (χ1v) is 4.85. The number of halogens is 1. The number of benzene rings is 1. The molecule has 1 heterocycles. The van der Waals surface area contributed by atoms with Crippen molar-refractivity contribution in [2.24, 2.45) is 0 Å². The van der Waals surface area contributed by atoms with Crippen LogP contribution in [0, 0.1) is 5.82 Å². The van der Waals surface area contributed by atoms with Crippen LogP contribution in [0.5, 0.6) is 0 Å². The Morgan fingerprint density at radius 2 is 2.18 bits per heavy atom. The van der Waals surface area contributed by atoms with E-state index >= 15 is 0 Å². The summed E-state index contributed by atoms with van der Waals surface area (Å²) in [5.74, 6) is -1.78. The Bertz CT molecular complexity index is 558. The summed E-state index contributed by atoms with van der Waals surface area (Å²) < 4.78 is 13.3. The first-order chi connectivity index (χ1) is 8.16. The molecule has 0 fully saturated rings. The van der Waals surface area contributed by atoms with E-state index in [1.165, 1.54) is 24.4 Å². The summed E-state index contributed by atoms with van der Waals surface area (Å²) in [5, 5.41) is 13.4. The second-order valence-electron chi connectivity index (χ2n) is 3.35. The molecule has 17 heavy (non-hydrogen) atoms. The van der Waals surface area contributed by atoms with Crippen molar-refractivity contribution in [1.29, 1.82) is 0 Å². The molecule has 0 saturated heterocycles. The molecule has 0 amide bonds. The lowest BCUT2D eigenvalue weighted by Crippen LogP contribution is -2.22. The maximum absolute atomic E-state index is 13.3. The van der Waals surface area contributed by atoms with Crippen LogP contribution in [-0.4, -0.2) is 11.0 Å². The van der Waals surface area contributed by atoms with Crippen LogP contribution in [0.1, 0.15) is 10.4 Å². The molecular weight excluding hydrogens is 223 g/mol. The Labute approximate surface area is 96.7 Å². The number of hydrogen-bond donors (Lipinski definition) is 1. The maximum atomic E-state index is 13.3. The lowest BCUT2D eigenvalue weighted by atomic mass is 10.2. The number of carbonyl (C=O) groups excluding carboxylic acids is 1. The van der Waals surface area contributed by atoms with Gasteiger partial charge in [0.2, 0.25) is 0 Å². The first kappa shape index (κ1) is 11.1. The van der Waals surface area contributed by atoms with E-state index in [-0.39, 0.29) is 11.3 Å². The van der Waals surface area contributed by atoms with E-state index in [0.717, 1.165) is 6.20 Å². The second kappa shape index (κ2) is 4.61.